The average Bonchev–Trinajstić information content (AvgIpc) is 4.12. The maximum atomic E-state index is 13.1. The second kappa shape index (κ2) is 22.7. The predicted octanol–water partition coefficient (Wildman–Crippen LogP) is 5.52. The van der Waals surface area contributed by atoms with Crippen LogP contribution in [0.3, 0.4) is 0 Å². The van der Waals surface area contributed by atoms with Gasteiger partial charge >= 0.3 is 0 Å². The van der Waals surface area contributed by atoms with E-state index in [0.29, 0.717) is 43.4 Å². The van der Waals surface area contributed by atoms with E-state index in [9.17, 15) is 42.0 Å². The number of carbonyl (C=O) groups excluding carboxylic acids is 7. The number of benzene rings is 2. The van der Waals surface area contributed by atoms with E-state index in [2.05, 4.69) is 42.2 Å². The van der Waals surface area contributed by atoms with Crippen molar-refractivity contribution in [3.63, 3.8) is 0 Å². The lowest BCUT2D eigenvalue weighted by atomic mass is 10.0. The lowest BCUT2D eigenvalue weighted by molar-refractivity contribution is -0.136. The van der Waals surface area contributed by atoms with Crippen molar-refractivity contribution in [1.82, 2.24) is 34.4 Å². The maximum Gasteiger partial charge on any atom is 0.262 e. The molecule has 0 spiro atoms. The molecule has 0 aliphatic carbocycles. The van der Waals surface area contributed by atoms with Gasteiger partial charge in [0.25, 0.3) is 17.7 Å². The number of thiazole rings is 1. The number of aromatic nitrogens is 3. The van der Waals surface area contributed by atoms with Crippen LogP contribution >= 0.6 is 11.3 Å². The zero-order valence-corrected chi connectivity index (χ0v) is 41.0. The number of rotatable bonds is 21. The number of anilines is 3. The van der Waals surface area contributed by atoms with Crippen LogP contribution in [0.4, 0.5) is 16.6 Å². The van der Waals surface area contributed by atoms with Gasteiger partial charge in [-0.2, -0.15) is 0 Å². The molecule has 6 heterocycles. The monoisotopic (exact) mass is 1000 g/mol. The lowest BCUT2D eigenvalue weighted by Crippen LogP contribution is -2.54. The zero-order chi connectivity index (χ0) is 50.1. The average molecular weight is 1010 g/mol. The van der Waals surface area contributed by atoms with Crippen LogP contribution in [-0.2, 0) is 29.2 Å². The first-order chi connectivity index (χ1) is 34.2. The number of amides is 7. The van der Waals surface area contributed by atoms with Crippen LogP contribution in [0.1, 0.15) is 102 Å². The molecular weight excluding hydrogens is 949 g/mol. The Labute approximate surface area is 415 Å². The molecule has 3 aromatic heterocycles. The number of pyridine rings is 1. The smallest absolute Gasteiger partial charge is 0.262 e. The molecule has 19 nitrogen and oxygen atoms in total. The van der Waals surface area contributed by atoms with Gasteiger partial charge in [0.1, 0.15) is 11.9 Å². The van der Waals surface area contributed by atoms with Gasteiger partial charge in [-0.25, -0.2) is 18.4 Å². The summed E-state index contributed by atoms with van der Waals surface area (Å²) in [4.78, 5) is 102. The Morgan fingerprint density at radius 3 is 2.28 bits per heavy atom. The summed E-state index contributed by atoms with van der Waals surface area (Å²) in [6.07, 6.45) is 14.3. The quantitative estimate of drug-likeness (QED) is 0.0524. The first-order valence-corrected chi connectivity index (χ1v) is 26.6. The Bertz CT molecular complexity index is 2940. The molecule has 3 aliphatic rings. The Morgan fingerprint density at radius 1 is 0.817 bits per heavy atom. The molecule has 4 N–H and O–H groups in total. The number of nitrogens with one attached hydrogen (secondary N) is 4. The number of imide groups is 2. The maximum absolute atomic E-state index is 13.1. The molecule has 1 atom stereocenters. The highest BCUT2D eigenvalue weighted by atomic mass is 32.2. The molecule has 7 amide bonds. The highest BCUT2D eigenvalue weighted by Gasteiger charge is 2.44. The molecule has 1 unspecified atom stereocenters. The molecular formula is C50H56N10O9S2. The van der Waals surface area contributed by atoms with E-state index in [1.807, 2.05) is 40.6 Å². The van der Waals surface area contributed by atoms with Gasteiger partial charge in [-0.15, -0.1) is 11.3 Å². The Kier molecular flexibility index (Phi) is 16.0. The van der Waals surface area contributed by atoms with E-state index in [1.165, 1.54) is 29.8 Å². The van der Waals surface area contributed by atoms with Crippen LogP contribution < -0.4 is 26.2 Å². The molecule has 0 bridgehead atoms. The largest absolute Gasteiger partial charge is 0.385 e. The number of piperidine rings is 1. The third-order valence-electron chi connectivity index (χ3n) is 12.8. The molecule has 2 saturated heterocycles. The van der Waals surface area contributed by atoms with Gasteiger partial charge in [-0.05, 0) is 72.9 Å². The summed E-state index contributed by atoms with van der Waals surface area (Å²) in [6, 6.07) is 17.3. The van der Waals surface area contributed by atoms with Crippen molar-refractivity contribution in [1.29, 1.82) is 0 Å². The van der Waals surface area contributed by atoms with E-state index in [4.69, 9.17) is 0 Å². The fraction of sp³-hybridized carbons (Fsp3) is 0.380. The minimum atomic E-state index is -3.53. The fourth-order valence-corrected chi connectivity index (χ4v) is 10.2. The van der Waals surface area contributed by atoms with Crippen molar-refractivity contribution in [3.8, 4) is 22.4 Å². The van der Waals surface area contributed by atoms with Gasteiger partial charge < -0.3 is 25.8 Å². The van der Waals surface area contributed by atoms with Gasteiger partial charge in [-0.1, -0.05) is 56.7 Å². The second-order valence-corrected chi connectivity index (χ2v) is 20.6. The van der Waals surface area contributed by atoms with Gasteiger partial charge in [0.05, 0.1) is 35.2 Å². The van der Waals surface area contributed by atoms with Gasteiger partial charge in [0.2, 0.25) is 33.7 Å². The highest BCUT2D eigenvalue weighted by molar-refractivity contribution is 7.89. The zero-order valence-electron chi connectivity index (χ0n) is 39.4. The molecule has 71 heavy (non-hydrogen) atoms. The number of hydrogen-bond donors (Lipinski definition) is 4. The first-order valence-electron chi connectivity index (χ1n) is 23.8. The molecule has 21 heteroatoms. The van der Waals surface area contributed by atoms with Crippen molar-refractivity contribution < 1.29 is 42.0 Å². The summed E-state index contributed by atoms with van der Waals surface area (Å²) in [5.41, 5.74) is 4.85. The Hall–Kier alpha value is -7.26. The predicted molar refractivity (Wildman–Crippen MR) is 268 cm³/mol. The molecule has 372 valence electrons. The van der Waals surface area contributed by atoms with Gasteiger partial charge in [0, 0.05) is 80.8 Å². The third kappa shape index (κ3) is 12.6. The minimum Gasteiger partial charge on any atom is -0.385 e. The number of nitrogens with zero attached hydrogens (tertiary/aromatic N) is 6. The van der Waals surface area contributed by atoms with E-state index in [0.717, 1.165) is 101 Å². The summed E-state index contributed by atoms with van der Waals surface area (Å²) >= 11 is 1.25. The standard InChI is InChI=1S/C50H56N10O9S2/c1-71(68,69)59-22-19-36(31-59)46(64)53-30-44(62)56-50-54-40(32-70-50)35-12-10-11-33(27-35)34-18-21-52-42(28-34)57-23-25-58(26-24-57)45(63)13-8-6-4-2-3-5-7-9-20-51-37-14-15-38-39(29-37)49(67)60(48(38)66)41-16-17-43(61)55-47(41)65/h10-12,14-15,18-19,21-22,27-29,31-32,41,51H,2-9,13,16-17,20,23-26,30H2,1H3,(H,53,64)(H,54,56,62)(H,55,61,65). The second-order valence-electron chi connectivity index (χ2n) is 17.8. The number of unbranched alkanes of at least 4 members (excludes halogenated alkanes) is 7. The molecule has 0 saturated carbocycles. The molecule has 5 aromatic rings. The molecule has 8 rings (SSSR count). The van der Waals surface area contributed by atoms with Crippen molar-refractivity contribution in [2.24, 2.45) is 0 Å². The first kappa shape index (κ1) is 50.1. The summed E-state index contributed by atoms with van der Waals surface area (Å²) in [5.74, 6) is -2.09. The Balaban J connectivity index is 0.689. The van der Waals surface area contributed by atoms with E-state index in [-0.39, 0.29) is 42.0 Å². The SMILES string of the molecule is CS(=O)(=O)n1ccc(C(=O)NCC(=O)Nc2nc(-c3cccc(-c4ccnc(N5CCN(C(=O)CCCCCCCCCCNc6ccc7c(c6)C(=O)N(C6CCC(=O)NC6=O)C7=O)CC5)c4)c3)cs2)c1. The number of piperazine rings is 1. The van der Waals surface area contributed by atoms with Crippen molar-refractivity contribution >= 4 is 79.3 Å². The number of carbonyl (C=O) groups is 7. The molecule has 3 aliphatic heterocycles. The normalized spacial score (nSPS) is 16.0. The van der Waals surface area contributed by atoms with Crippen molar-refractivity contribution in [3.05, 3.63) is 101 Å². The summed E-state index contributed by atoms with van der Waals surface area (Å²) in [6.45, 7) is 3.04. The molecule has 2 fully saturated rings. The van der Waals surface area contributed by atoms with Crippen molar-refractivity contribution in [2.45, 2.75) is 76.7 Å². The number of hydrogen-bond acceptors (Lipinski definition) is 14. The number of fused-ring (bicyclic) bond motifs is 1. The van der Waals surface area contributed by atoms with Crippen LogP contribution in [-0.4, -0.2) is 125 Å². The minimum absolute atomic E-state index is 0.0798. The Morgan fingerprint density at radius 2 is 1.54 bits per heavy atom. The van der Waals surface area contributed by atoms with Crippen LogP contribution in [0.2, 0.25) is 0 Å². The van der Waals surface area contributed by atoms with Crippen LogP contribution in [0.15, 0.2) is 84.6 Å². The lowest BCUT2D eigenvalue weighted by Gasteiger charge is -2.35. The van der Waals surface area contributed by atoms with Crippen LogP contribution in [0.5, 0.6) is 0 Å². The van der Waals surface area contributed by atoms with E-state index < -0.39 is 51.5 Å². The van der Waals surface area contributed by atoms with E-state index in [1.54, 1.807) is 24.4 Å². The van der Waals surface area contributed by atoms with Crippen molar-refractivity contribution in [2.75, 3.05) is 61.1 Å². The topological polar surface area (TPSA) is 242 Å². The highest BCUT2D eigenvalue weighted by Crippen LogP contribution is 2.32. The fourth-order valence-electron chi connectivity index (χ4n) is 8.85. The van der Waals surface area contributed by atoms with Gasteiger partial charge in [-0.3, -0.25) is 47.8 Å². The summed E-state index contributed by atoms with van der Waals surface area (Å²) in [7, 11) is -3.53. The van der Waals surface area contributed by atoms with Crippen LogP contribution in [0, 0.1) is 0 Å². The van der Waals surface area contributed by atoms with Gasteiger partial charge in [0.15, 0.2) is 5.13 Å². The van der Waals surface area contributed by atoms with E-state index >= 15 is 0 Å². The summed E-state index contributed by atoms with van der Waals surface area (Å²) < 4.78 is 24.3. The summed E-state index contributed by atoms with van der Waals surface area (Å²) in [5, 5.41) is 13.0. The molecule has 0 radical (unpaired) electrons. The molecule has 2 aromatic carbocycles. The third-order valence-corrected chi connectivity index (χ3v) is 14.5. The van der Waals surface area contributed by atoms with Crippen LogP contribution in [0.25, 0.3) is 22.4 Å².